The second-order valence-corrected chi connectivity index (χ2v) is 10.9. The van der Waals surface area contributed by atoms with Gasteiger partial charge in [0.2, 0.25) is 10.0 Å². The Labute approximate surface area is 197 Å². The Morgan fingerprint density at radius 3 is 2.70 bits per heavy atom. The standard InChI is InChI=1S/C22H26ClN7O2S/c1-28(17-7-8-17)10-2-12-33(31,32)29-11-9-18(13-29)30-22-19(21(24)25-14-26-22)20(27-30)15-3-5-16(23)6-4-15/h2-6,12,14,17-18H,7-11,13H2,1H3,(H2,24,25,26)/t18-/m1/s1. The number of nitrogens with two attached hydrogens (primary N) is 1. The summed E-state index contributed by atoms with van der Waals surface area (Å²) in [6.07, 6.45) is 6.15. The molecule has 1 aliphatic carbocycles. The molecule has 3 heterocycles. The number of anilines is 1. The number of sulfonamides is 1. The van der Waals surface area contributed by atoms with Gasteiger partial charge >= 0.3 is 0 Å². The second kappa shape index (κ2) is 8.68. The van der Waals surface area contributed by atoms with Crippen LogP contribution in [0.5, 0.6) is 0 Å². The largest absolute Gasteiger partial charge is 0.383 e. The van der Waals surface area contributed by atoms with Crippen molar-refractivity contribution >= 4 is 38.5 Å². The van der Waals surface area contributed by atoms with E-state index < -0.39 is 10.0 Å². The summed E-state index contributed by atoms with van der Waals surface area (Å²) in [5.74, 6) is 0.335. The molecule has 1 aromatic carbocycles. The van der Waals surface area contributed by atoms with E-state index in [9.17, 15) is 8.42 Å². The molecule has 1 saturated heterocycles. The summed E-state index contributed by atoms with van der Waals surface area (Å²) < 4.78 is 29.1. The highest BCUT2D eigenvalue weighted by atomic mass is 35.5. The van der Waals surface area contributed by atoms with Crippen LogP contribution in [0.1, 0.15) is 25.3 Å². The highest BCUT2D eigenvalue weighted by Crippen LogP contribution is 2.34. The fourth-order valence-electron chi connectivity index (χ4n) is 4.28. The monoisotopic (exact) mass is 487 g/mol. The summed E-state index contributed by atoms with van der Waals surface area (Å²) in [6, 6.07) is 7.76. The van der Waals surface area contributed by atoms with Gasteiger partial charge in [0.15, 0.2) is 5.65 Å². The maximum Gasteiger partial charge on any atom is 0.236 e. The number of hydrogen-bond donors (Lipinski definition) is 1. The lowest BCUT2D eigenvalue weighted by Crippen LogP contribution is -2.28. The molecule has 0 spiro atoms. The predicted octanol–water partition coefficient (Wildman–Crippen LogP) is 2.91. The number of fused-ring (bicyclic) bond motifs is 1. The highest BCUT2D eigenvalue weighted by molar-refractivity contribution is 7.92. The highest BCUT2D eigenvalue weighted by Gasteiger charge is 2.33. The van der Waals surface area contributed by atoms with Crippen LogP contribution in [0.2, 0.25) is 5.02 Å². The van der Waals surface area contributed by atoms with Crippen LogP contribution in [0.25, 0.3) is 22.3 Å². The van der Waals surface area contributed by atoms with Crippen molar-refractivity contribution in [2.75, 3.05) is 32.4 Å². The van der Waals surface area contributed by atoms with E-state index in [0.29, 0.717) is 59.7 Å². The van der Waals surface area contributed by atoms with Crippen molar-refractivity contribution in [2.24, 2.45) is 0 Å². The molecule has 11 heteroatoms. The van der Waals surface area contributed by atoms with Crippen LogP contribution in [-0.4, -0.2) is 70.1 Å². The minimum atomic E-state index is -3.50. The minimum absolute atomic E-state index is 0.153. The van der Waals surface area contributed by atoms with Crippen molar-refractivity contribution in [3.05, 3.63) is 47.1 Å². The molecule has 33 heavy (non-hydrogen) atoms. The van der Waals surface area contributed by atoms with Crippen LogP contribution >= 0.6 is 11.6 Å². The van der Waals surface area contributed by atoms with Gasteiger partial charge in [0.1, 0.15) is 17.8 Å². The molecular weight excluding hydrogens is 462 g/mol. The molecule has 2 N–H and O–H groups in total. The van der Waals surface area contributed by atoms with E-state index in [0.717, 1.165) is 5.56 Å². The number of hydrogen-bond acceptors (Lipinski definition) is 7. The van der Waals surface area contributed by atoms with Crippen molar-refractivity contribution in [1.82, 2.24) is 29.0 Å². The number of aromatic nitrogens is 4. The fourth-order valence-corrected chi connectivity index (χ4v) is 5.65. The predicted molar refractivity (Wildman–Crippen MR) is 129 cm³/mol. The molecule has 0 unspecified atom stereocenters. The summed E-state index contributed by atoms with van der Waals surface area (Å²) >= 11 is 6.04. The van der Waals surface area contributed by atoms with Gasteiger partial charge in [-0.3, -0.25) is 4.90 Å². The van der Waals surface area contributed by atoms with Crippen LogP contribution in [0.3, 0.4) is 0 Å². The molecule has 0 amide bonds. The van der Waals surface area contributed by atoms with Crippen LogP contribution in [0.4, 0.5) is 5.82 Å². The van der Waals surface area contributed by atoms with Gasteiger partial charge in [0, 0.05) is 41.7 Å². The van der Waals surface area contributed by atoms with Gasteiger partial charge in [-0.15, -0.1) is 0 Å². The normalized spacial score (nSPS) is 19.9. The van der Waals surface area contributed by atoms with Crippen LogP contribution < -0.4 is 5.73 Å². The molecule has 2 fully saturated rings. The average Bonchev–Trinajstić information content (AvgIpc) is 3.38. The number of likely N-dealkylation sites (N-methyl/N-ethyl adjacent to an activating group) is 1. The number of benzene rings is 1. The summed E-state index contributed by atoms with van der Waals surface area (Å²) in [5, 5.41) is 7.41. The molecular formula is C22H26ClN7O2S. The first-order valence-electron chi connectivity index (χ1n) is 10.9. The van der Waals surface area contributed by atoms with Crippen LogP contribution in [0, 0.1) is 0 Å². The van der Waals surface area contributed by atoms with Crippen molar-refractivity contribution < 1.29 is 8.42 Å². The smallest absolute Gasteiger partial charge is 0.236 e. The summed E-state index contributed by atoms with van der Waals surface area (Å²) in [7, 11) is -1.48. The molecule has 0 radical (unpaired) electrons. The lowest BCUT2D eigenvalue weighted by Gasteiger charge is -2.15. The number of nitrogens with zero attached hydrogens (tertiary/aromatic N) is 6. The van der Waals surface area contributed by atoms with Gasteiger partial charge in [0.05, 0.1) is 11.4 Å². The maximum absolute atomic E-state index is 12.9. The third kappa shape index (κ3) is 4.48. The third-order valence-corrected chi connectivity index (χ3v) is 8.14. The number of rotatable bonds is 7. The van der Waals surface area contributed by atoms with Crippen molar-refractivity contribution in [3.8, 4) is 11.3 Å². The van der Waals surface area contributed by atoms with Crippen molar-refractivity contribution in [3.63, 3.8) is 0 Å². The van der Waals surface area contributed by atoms with Gasteiger partial charge in [-0.25, -0.2) is 23.1 Å². The maximum atomic E-state index is 12.9. The zero-order chi connectivity index (χ0) is 23.2. The summed E-state index contributed by atoms with van der Waals surface area (Å²) in [6.45, 7) is 1.38. The van der Waals surface area contributed by atoms with Gasteiger partial charge < -0.3 is 5.73 Å². The first kappa shape index (κ1) is 22.3. The van der Waals surface area contributed by atoms with E-state index in [2.05, 4.69) is 14.9 Å². The number of halogens is 1. The van der Waals surface area contributed by atoms with Crippen LogP contribution in [0.15, 0.2) is 42.1 Å². The lowest BCUT2D eigenvalue weighted by atomic mass is 10.1. The van der Waals surface area contributed by atoms with Crippen molar-refractivity contribution in [1.29, 1.82) is 0 Å². The first-order valence-corrected chi connectivity index (χ1v) is 12.8. The van der Waals surface area contributed by atoms with E-state index in [1.165, 1.54) is 28.9 Å². The average molecular weight is 488 g/mol. The molecule has 1 saturated carbocycles. The molecule has 2 aromatic heterocycles. The van der Waals surface area contributed by atoms with Gasteiger partial charge in [0.25, 0.3) is 0 Å². The molecule has 9 nitrogen and oxygen atoms in total. The van der Waals surface area contributed by atoms with E-state index >= 15 is 0 Å². The Morgan fingerprint density at radius 1 is 1.21 bits per heavy atom. The van der Waals surface area contributed by atoms with E-state index in [4.69, 9.17) is 22.4 Å². The molecule has 1 atom stereocenters. The molecule has 3 aromatic rings. The third-order valence-electron chi connectivity index (χ3n) is 6.30. The van der Waals surface area contributed by atoms with Gasteiger partial charge in [-0.1, -0.05) is 29.8 Å². The Morgan fingerprint density at radius 2 is 1.97 bits per heavy atom. The summed E-state index contributed by atoms with van der Waals surface area (Å²) in [4.78, 5) is 10.7. The summed E-state index contributed by atoms with van der Waals surface area (Å²) in [5.41, 5.74) is 8.28. The van der Waals surface area contributed by atoms with E-state index in [1.807, 2.05) is 19.2 Å². The minimum Gasteiger partial charge on any atom is -0.383 e. The van der Waals surface area contributed by atoms with Gasteiger partial charge in [-0.2, -0.15) is 9.40 Å². The molecule has 1 aliphatic heterocycles. The topological polar surface area (TPSA) is 110 Å². The Balaban J connectivity index is 1.40. The SMILES string of the molecule is CN(CC=CS(=O)(=O)N1CC[C@@H](n2nc(-c3ccc(Cl)cc3)c3c(N)ncnc32)C1)C1CC1. The molecule has 5 rings (SSSR count). The van der Waals surface area contributed by atoms with E-state index in [1.54, 1.807) is 22.9 Å². The Kier molecular flexibility index (Phi) is 5.86. The zero-order valence-electron chi connectivity index (χ0n) is 18.3. The lowest BCUT2D eigenvalue weighted by molar-refractivity contribution is 0.360. The molecule has 2 aliphatic rings. The van der Waals surface area contributed by atoms with Gasteiger partial charge in [-0.05, 0) is 38.4 Å². The number of nitrogen functional groups attached to an aromatic ring is 1. The second-order valence-electron chi connectivity index (χ2n) is 8.65. The first-order chi connectivity index (χ1) is 15.8. The fraction of sp³-hybridized carbons (Fsp3) is 0.409. The van der Waals surface area contributed by atoms with Crippen molar-refractivity contribution in [2.45, 2.75) is 31.3 Å². The van der Waals surface area contributed by atoms with Crippen LogP contribution in [-0.2, 0) is 10.0 Å². The molecule has 174 valence electrons. The Hall–Kier alpha value is -2.53. The Bertz CT molecular complexity index is 1300. The quantitative estimate of drug-likeness (QED) is 0.545. The van der Waals surface area contributed by atoms with E-state index in [-0.39, 0.29) is 6.04 Å². The molecule has 0 bridgehead atoms. The zero-order valence-corrected chi connectivity index (χ0v) is 19.9.